The largest absolute Gasteiger partial charge is 0.476 e. The van der Waals surface area contributed by atoms with Crippen LogP contribution < -0.4 is 4.31 Å². The first-order chi connectivity index (χ1) is 16.5. The first-order valence-corrected chi connectivity index (χ1v) is 12.5. The number of anilines is 1. The van der Waals surface area contributed by atoms with Crippen LogP contribution in [0.2, 0.25) is 10.0 Å². The van der Waals surface area contributed by atoms with Gasteiger partial charge < -0.3 is 0 Å². The van der Waals surface area contributed by atoms with Crippen molar-refractivity contribution >= 4 is 49.8 Å². The minimum Gasteiger partial charge on any atom is -0.252 e. The fourth-order valence-corrected chi connectivity index (χ4v) is 5.78. The van der Waals surface area contributed by atoms with Crippen LogP contribution in [0.1, 0.15) is 11.3 Å². The second-order valence-corrected chi connectivity index (χ2v) is 11.0. The first-order valence-electron chi connectivity index (χ1n) is 9.14. The van der Waals surface area contributed by atoms with E-state index in [0.29, 0.717) is 16.8 Å². The Hall–Kier alpha value is -2.80. The van der Waals surface area contributed by atoms with Crippen LogP contribution in [0, 0.1) is 11.3 Å². The van der Waals surface area contributed by atoms with E-state index in [0.717, 1.165) is 19.2 Å². The van der Waals surface area contributed by atoms with Gasteiger partial charge in [0.1, 0.15) is 16.7 Å². The summed E-state index contributed by atoms with van der Waals surface area (Å²) in [4.78, 5) is -1.77. The fraction of sp³-hybridized carbons (Fsp3) is 0.158. The van der Waals surface area contributed by atoms with E-state index in [1.54, 1.807) is 0 Å². The molecule has 0 bridgehead atoms. The highest BCUT2D eigenvalue weighted by molar-refractivity contribution is 7.93. The Morgan fingerprint density at radius 2 is 1.58 bits per heavy atom. The van der Waals surface area contributed by atoms with E-state index >= 15 is 0 Å². The molecule has 17 heteroatoms. The third-order valence-corrected chi connectivity index (χ3v) is 8.08. The number of halogens is 8. The fourth-order valence-electron chi connectivity index (χ4n) is 2.98. The Labute approximate surface area is 211 Å². The molecule has 1 aromatic heterocycles. The van der Waals surface area contributed by atoms with Crippen LogP contribution in [0.15, 0.2) is 52.3 Å². The van der Waals surface area contributed by atoms with Crippen LogP contribution in [0.3, 0.4) is 0 Å². The van der Waals surface area contributed by atoms with Gasteiger partial charge in [0.05, 0.1) is 20.5 Å². The summed E-state index contributed by atoms with van der Waals surface area (Å²) in [5.41, 5.74) is -8.60. The molecule has 0 N–H and O–H groups in total. The third-order valence-electron chi connectivity index (χ3n) is 4.58. The molecule has 0 saturated heterocycles. The molecule has 1 unspecified atom stereocenters. The van der Waals surface area contributed by atoms with E-state index in [1.807, 2.05) is 0 Å². The molecule has 36 heavy (non-hydrogen) atoms. The number of hydrogen-bond acceptors (Lipinski definition) is 5. The molecule has 1 heterocycles. The summed E-state index contributed by atoms with van der Waals surface area (Å²) in [5, 5.41) is 11.4. The quantitative estimate of drug-likeness (QED) is 0.364. The Morgan fingerprint density at radius 3 is 2.03 bits per heavy atom. The zero-order valence-electron chi connectivity index (χ0n) is 17.4. The monoisotopic (exact) mass is 590 g/mol. The number of hydrogen-bond donors (Lipinski definition) is 0. The predicted molar refractivity (Wildman–Crippen MR) is 118 cm³/mol. The van der Waals surface area contributed by atoms with E-state index < -0.39 is 75.1 Å². The van der Waals surface area contributed by atoms with Gasteiger partial charge in [0.15, 0.2) is 22.3 Å². The van der Waals surface area contributed by atoms with Gasteiger partial charge in [-0.15, -0.1) is 0 Å². The maximum absolute atomic E-state index is 13.5. The number of alkyl halides is 6. The van der Waals surface area contributed by atoms with Crippen molar-refractivity contribution in [2.24, 2.45) is 0 Å². The van der Waals surface area contributed by atoms with Crippen molar-refractivity contribution in [1.82, 2.24) is 9.78 Å². The molecule has 7 nitrogen and oxygen atoms in total. The van der Waals surface area contributed by atoms with Crippen LogP contribution >= 0.6 is 23.2 Å². The normalized spacial score (nSPS) is 13.3. The van der Waals surface area contributed by atoms with Gasteiger partial charge in [-0.25, -0.2) is 17.3 Å². The Bertz CT molecular complexity index is 1480. The summed E-state index contributed by atoms with van der Waals surface area (Å²) in [6.07, 6.45) is -4.91. The standard InChI is InChI=1S/C19H10Cl2F6N4O3S2/c1-30(36(33,34)11-5-3-2-4-6-11)17-16(35(32)19(25,26)27)14(9-28)29-31(17)15-12(20)7-10(8-13(15)21)18(22,23)24/h2-8H,1H3. The van der Waals surface area contributed by atoms with E-state index in [2.05, 4.69) is 5.10 Å². The molecule has 0 aliphatic heterocycles. The van der Waals surface area contributed by atoms with Crippen molar-refractivity contribution in [3.05, 3.63) is 63.8 Å². The van der Waals surface area contributed by atoms with Crippen LogP contribution in [-0.2, 0) is 27.0 Å². The van der Waals surface area contributed by atoms with Gasteiger partial charge >= 0.3 is 11.7 Å². The third kappa shape index (κ3) is 5.03. The molecule has 3 rings (SSSR count). The van der Waals surface area contributed by atoms with Gasteiger partial charge in [-0.2, -0.15) is 36.7 Å². The lowest BCUT2D eigenvalue weighted by Gasteiger charge is -2.23. The predicted octanol–water partition coefficient (Wildman–Crippen LogP) is 5.52. The van der Waals surface area contributed by atoms with Crippen LogP contribution in [-0.4, -0.2) is 35.0 Å². The average molecular weight is 591 g/mol. The maximum atomic E-state index is 13.5. The molecule has 0 spiro atoms. The summed E-state index contributed by atoms with van der Waals surface area (Å²) in [7, 11) is -7.90. The molecule has 0 aliphatic carbocycles. The molecule has 0 radical (unpaired) electrons. The number of nitriles is 1. The van der Waals surface area contributed by atoms with Crippen LogP contribution in [0.25, 0.3) is 5.69 Å². The van der Waals surface area contributed by atoms with E-state index in [9.17, 15) is 44.2 Å². The second-order valence-electron chi connectivity index (χ2n) is 6.81. The second kappa shape index (κ2) is 9.58. The Balaban J connectivity index is 2.44. The van der Waals surface area contributed by atoms with Crippen molar-refractivity contribution in [2.75, 3.05) is 11.4 Å². The van der Waals surface area contributed by atoms with Gasteiger partial charge in [0.2, 0.25) is 0 Å². The van der Waals surface area contributed by atoms with Crippen LogP contribution in [0.5, 0.6) is 0 Å². The van der Waals surface area contributed by atoms with Crippen molar-refractivity contribution in [3.8, 4) is 11.8 Å². The summed E-state index contributed by atoms with van der Waals surface area (Å²) in [6.45, 7) is 0. The topological polar surface area (TPSA) is 96.1 Å². The molecule has 0 aliphatic rings. The van der Waals surface area contributed by atoms with Crippen molar-refractivity contribution in [1.29, 1.82) is 5.26 Å². The minimum atomic E-state index is -5.47. The molecular formula is C19H10Cl2F6N4O3S2. The highest BCUT2D eigenvalue weighted by Crippen LogP contribution is 2.42. The lowest BCUT2D eigenvalue weighted by molar-refractivity contribution is -0.137. The zero-order chi connectivity index (χ0) is 27.2. The number of sulfonamides is 1. The summed E-state index contributed by atoms with van der Waals surface area (Å²) < 4.78 is 119. The summed E-state index contributed by atoms with van der Waals surface area (Å²) in [6, 6.07) is 8.36. The number of nitrogens with zero attached hydrogens (tertiary/aromatic N) is 4. The summed E-state index contributed by atoms with van der Waals surface area (Å²) in [5.74, 6) is -1.07. The van der Waals surface area contributed by atoms with E-state index in [-0.39, 0.29) is 4.31 Å². The number of benzene rings is 2. The lowest BCUT2D eigenvalue weighted by atomic mass is 10.2. The molecule has 0 amide bonds. The Kier molecular flexibility index (Phi) is 7.39. The van der Waals surface area contributed by atoms with Crippen LogP contribution in [0.4, 0.5) is 32.2 Å². The molecule has 1 atom stereocenters. The molecule has 192 valence electrons. The van der Waals surface area contributed by atoms with Gasteiger partial charge in [0.25, 0.3) is 10.0 Å². The van der Waals surface area contributed by atoms with Crippen molar-refractivity contribution < 1.29 is 39.0 Å². The molecule has 2 aromatic carbocycles. The van der Waals surface area contributed by atoms with E-state index in [1.165, 1.54) is 24.3 Å². The lowest BCUT2D eigenvalue weighted by Crippen LogP contribution is -2.30. The smallest absolute Gasteiger partial charge is 0.252 e. The highest BCUT2D eigenvalue weighted by atomic mass is 35.5. The maximum Gasteiger partial charge on any atom is 0.476 e. The highest BCUT2D eigenvalue weighted by Gasteiger charge is 2.45. The van der Waals surface area contributed by atoms with Gasteiger partial charge in [0, 0.05) is 7.05 Å². The van der Waals surface area contributed by atoms with Gasteiger partial charge in [-0.3, -0.25) is 4.31 Å². The van der Waals surface area contributed by atoms with Crippen molar-refractivity contribution in [3.63, 3.8) is 0 Å². The molecular weight excluding hydrogens is 581 g/mol. The minimum absolute atomic E-state index is 0.249. The average Bonchev–Trinajstić information content (AvgIpc) is 3.15. The molecule has 0 fully saturated rings. The van der Waals surface area contributed by atoms with Crippen molar-refractivity contribution in [2.45, 2.75) is 21.5 Å². The van der Waals surface area contributed by atoms with Gasteiger partial charge in [-0.05, 0) is 24.3 Å². The van der Waals surface area contributed by atoms with E-state index in [4.69, 9.17) is 23.2 Å². The number of aromatic nitrogens is 2. The molecule has 3 aromatic rings. The SMILES string of the molecule is CN(c1c(S(=O)C(F)(F)F)c(C#N)nn1-c1c(Cl)cc(C(F)(F)F)cc1Cl)S(=O)(=O)c1ccccc1. The van der Waals surface area contributed by atoms with Gasteiger partial charge in [-0.1, -0.05) is 41.4 Å². The zero-order valence-corrected chi connectivity index (χ0v) is 20.5. The summed E-state index contributed by atoms with van der Waals surface area (Å²) >= 11 is 11.9. The Morgan fingerprint density at radius 1 is 1.06 bits per heavy atom. The number of rotatable bonds is 5. The first kappa shape index (κ1) is 27.8. The molecule has 0 saturated carbocycles.